The highest BCUT2D eigenvalue weighted by Crippen LogP contribution is 2.22. The Labute approximate surface area is 108 Å². The van der Waals surface area contributed by atoms with Gasteiger partial charge in [0.2, 0.25) is 0 Å². The number of nitrogens with zero attached hydrogens (tertiary/aromatic N) is 1. The van der Waals surface area contributed by atoms with Gasteiger partial charge in [-0.25, -0.2) is 0 Å². The molecular formula is C14H11N3O2. The van der Waals surface area contributed by atoms with E-state index in [0.29, 0.717) is 11.3 Å². The second-order valence-electron chi connectivity index (χ2n) is 4.14. The van der Waals surface area contributed by atoms with Crippen molar-refractivity contribution in [3.63, 3.8) is 0 Å². The summed E-state index contributed by atoms with van der Waals surface area (Å²) in [6.07, 6.45) is 1.66. The molecule has 0 saturated heterocycles. The van der Waals surface area contributed by atoms with E-state index in [0.717, 1.165) is 10.9 Å². The molecule has 1 amide bonds. The number of amides is 1. The molecule has 0 aliphatic heterocycles. The Bertz CT molecular complexity index is 749. The largest absolute Gasteiger partial charge is 0.508 e. The molecule has 2 aromatic carbocycles. The number of aromatic amines is 1. The van der Waals surface area contributed by atoms with Crippen molar-refractivity contribution >= 4 is 22.5 Å². The third kappa shape index (κ3) is 2.13. The first kappa shape index (κ1) is 11.3. The normalized spacial score (nSPS) is 10.5. The molecular weight excluding hydrogens is 242 g/mol. The lowest BCUT2D eigenvalue weighted by Crippen LogP contribution is -2.11. The van der Waals surface area contributed by atoms with Gasteiger partial charge in [0, 0.05) is 10.9 Å². The summed E-state index contributed by atoms with van der Waals surface area (Å²) >= 11 is 0. The van der Waals surface area contributed by atoms with E-state index in [2.05, 4.69) is 15.5 Å². The number of anilines is 1. The van der Waals surface area contributed by atoms with Gasteiger partial charge in [-0.05, 0) is 30.3 Å². The first-order valence-electron chi connectivity index (χ1n) is 5.76. The molecule has 0 radical (unpaired) electrons. The van der Waals surface area contributed by atoms with Crippen LogP contribution in [0.1, 0.15) is 10.4 Å². The molecule has 1 aromatic heterocycles. The second-order valence-corrected chi connectivity index (χ2v) is 4.14. The van der Waals surface area contributed by atoms with Crippen LogP contribution in [0.25, 0.3) is 10.9 Å². The Kier molecular flexibility index (Phi) is 2.64. The number of H-pyrrole nitrogens is 1. The van der Waals surface area contributed by atoms with E-state index < -0.39 is 0 Å². The number of benzene rings is 2. The molecule has 0 aliphatic carbocycles. The number of hydrogen-bond donors (Lipinski definition) is 3. The van der Waals surface area contributed by atoms with E-state index in [-0.39, 0.29) is 11.7 Å². The van der Waals surface area contributed by atoms with Gasteiger partial charge in [-0.3, -0.25) is 9.89 Å². The third-order valence-corrected chi connectivity index (χ3v) is 2.84. The van der Waals surface area contributed by atoms with Crippen molar-refractivity contribution < 1.29 is 9.90 Å². The fourth-order valence-electron chi connectivity index (χ4n) is 1.92. The fourth-order valence-corrected chi connectivity index (χ4v) is 1.92. The third-order valence-electron chi connectivity index (χ3n) is 2.84. The van der Waals surface area contributed by atoms with E-state index in [1.807, 2.05) is 12.1 Å². The van der Waals surface area contributed by atoms with Gasteiger partial charge in [-0.1, -0.05) is 12.1 Å². The van der Waals surface area contributed by atoms with Crippen molar-refractivity contribution in [3.8, 4) is 5.75 Å². The van der Waals surface area contributed by atoms with Crippen LogP contribution in [0.3, 0.4) is 0 Å². The Morgan fingerprint density at radius 1 is 1.21 bits per heavy atom. The van der Waals surface area contributed by atoms with Crippen LogP contribution in [0.15, 0.2) is 48.7 Å². The zero-order valence-electron chi connectivity index (χ0n) is 9.92. The maximum atomic E-state index is 12.1. The van der Waals surface area contributed by atoms with Crippen LogP contribution in [-0.4, -0.2) is 21.2 Å². The molecule has 1 heterocycles. The van der Waals surface area contributed by atoms with Crippen molar-refractivity contribution in [2.24, 2.45) is 0 Å². The molecule has 5 nitrogen and oxygen atoms in total. The van der Waals surface area contributed by atoms with E-state index in [1.54, 1.807) is 24.4 Å². The molecule has 3 N–H and O–H groups in total. The van der Waals surface area contributed by atoms with Crippen LogP contribution in [0.5, 0.6) is 5.75 Å². The average molecular weight is 253 g/mol. The molecule has 0 fully saturated rings. The van der Waals surface area contributed by atoms with Gasteiger partial charge in [-0.2, -0.15) is 5.10 Å². The van der Waals surface area contributed by atoms with Gasteiger partial charge in [0.1, 0.15) is 5.75 Å². The summed E-state index contributed by atoms with van der Waals surface area (Å²) in [5.41, 5.74) is 1.94. The minimum atomic E-state index is -0.274. The standard InChI is InChI=1S/C14H11N3O2/c18-10-4-1-3-9(7-10)14(19)16-12-5-2-6-13-11(12)8-15-17-13/h1-8,18H,(H,15,17)(H,16,19). The summed E-state index contributed by atoms with van der Waals surface area (Å²) in [6.45, 7) is 0. The van der Waals surface area contributed by atoms with Gasteiger partial charge < -0.3 is 10.4 Å². The summed E-state index contributed by atoms with van der Waals surface area (Å²) in [5, 5.41) is 19.8. The minimum Gasteiger partial charge on any atom is -0.508 e. The lowest BCUT2D eigenvalue weighted by atomic mass is 10.1. The molecule has 0 unspecified atom stereocenters. The molecule has 0 bridgehead atoms. The molecule has 0 atom stereocenters. The fraction of sp³-hybridized carbons (Fsp3) is 0. The van der Waals surface area contributed by atoms with E-state index in [9.17, 15) is 9.90 Å². The zero-order chi connectivity index (χ0) is 13.2. The summed E-state index contributed by atoms with van der Waals surface area (Å²) < 4.78 is 0. The number of carbonyl (C=O) groups is 1. The number of rotatable bonds is 2. The predicted octanol–water partition coefficient (Wildman–Crippen LogP) is 2.52. The summed E-state index contributed by atoms with van der Waals surface area (Å²) in [6, 6.07) is 11.7. The van der Waals surface area contributed by atoms with Crippen LogP contribution in [0.2, 0.25) is 0 Å². The highest BCUT2D eigenvalue weighted by molar-refractivity contribution is 6.08. The second kappa shape index (κ2) is 4.45. The van der Waals surface area contributed by atoms with Crippen molar-refractivity contribution in [1.29, 1.82) is 0 Å². The molecule has 19 heavy (non-hydrogen) atoms. The van der Waals surface area contributed by atoms with Crippen LogP contribution < -0.4 is 5.32 Å². The van der Waals surface area contributed by atoms with Gasteiger partial charge in [0.05, 0.1) is 17.4 Å². The number of phenols is 1. The number of aromatic hydroxyl groups is 1. The number of phenolic OH excluding ortho intramolecular Hbond substituents is 1. The van der Waals surface area contributed by atoms with Crippen molar-refractivity contribution in [2.75, 3.05) is 5.32 Å². The maximum absolute atomic E-state index is 12.1. The monoisotopic (exact) mass is 253 g/mol. The first-order valence-corrected chi connectivity index (χ1v) is 5.76. The average Bonchev–Trinajstić information content (AvgIpc) is 2.88. The smallest absolute Gasteiger partial charge is 0.255 e. The Balaban J connectivity index is 1.93. The highest BCUT2D eigenvalue weighted by Gasteiger charge is 2.09. The summed E-state index contributed by atoms with van der Waals surface area (Å²) in [7, 11) is 0. The van der Waals surface area contributed by atoms with Gasteiger partial charge >= 0.3 is 0 Å². The topological polar surface area (TPSA) is 78.0 Å². The Morgan fingerprint density at radius 2 is 2.05 bits per heavy atom. The zero-order valence-corrected chi connectivity index (χ0v) is 9.92. The van der Waals surface area contributed by atoms with Crippen LogP contribution in [0, 0.1) is 0 Å². The number of carbonyl (C=O) groups excluding carboxylic acids is 1. The summed E-state index contributed by atoms with van der Waals surface area (Å²) in [5.74, 6) is -0.209. The van der Waals surface area contributed by atoms with E-state index >= 15 is 0 Å². The molecule has 3 rings (SSSR count). The van der Waals surface area contributed by atoms with Crippen LogP contribution in [0.4, 0.5) is 5.69 Å². The van der Waals surface area contributed by atoms with Crippen molar-refractivity contribution in [3.05, 3.63) is 54.2 Å². The number of nitrogens with one attached hydrogen (secondary N) is 2. The lowest BCUT2D eigenvalue weighted by molar-refractivity contribution is 0.102. The van der Waals surface area contributed by atoms with Gasteiger partial charge in [-0.15, -0.1) is 0 Å². The van der Waals surface area contributed by atoms with E-state index in [1.165, 1.54) is 12.1 Å². The van der Waals surface area contributed by atoms with E-state index in [4.69, 9.17) is 0 Å². The first-order chi connectivity index (χ1) is 9.24. The molecule has 5 heteroatoms. The van der Waals surface area contributed by atoms with Crippen molar-refractivity contribution in [2.45, 2.75) is 0 Å². The number of aromatic nitrogens is 2. The van der Waals surface area contributed by atoms with Gasteiger partial charge in [0.25, 0.3) is 5.91 Å². The quantitative estimate of drug-likeness (QED) is 0.656. The molecule has 0 aliphatic rings. The predicted molar refractivity (Wildman–Crippen MR) is 72.2 cm³/mol. The summed E-state index contributed by atoms with van der Waals surface area (Å²) in [4.78, 5) is 12.1. The molecule has 94 valence electrons. The highest BCUT2D eigenvalue weighted by atomic mass is 16.3. The lowest BCUT2D eigenvalue weighted by Gasteiger charge is -2.06. The molecule has 3 aromatic rings. The Morgan fingerprint density at radius 3 is 2.89 bits per heavy atom. The number of hydrogen-bond acceptors (Lipinski definition) is 3. The minimum absolute atomic E-state index is 0.0640. The van der Waals surface area contributed by atoms with Crippen LogP contribution >= 0.6 is 0 Å². The maximum Gasteiger partial charge on any atom is 0.255 e. The number of fused-ring (bicyclic) bond motifs is 1. The van der Waals surface area contributed by atoms with Gasteiger partial charge in [0.15, 0.2) is 0 Å². The Hall–Kier alpha value is -2.82. The SMILES string of the molecule is O=C(Nc1cccc2[nH]ncc12)c1cccc(O)c1. The molecule has 0 spiro atoms. The van der Waals surface area contributed by atoms with Crippen molar-refractivity contribution in [1.82, 2.24) is 10.2 Å². The molecule has 0 saturated carbocycles. The van der Waals surface area contributed by atoms with Crippen LogP contribution in [-0.2, 0) is 0 Å².